The molecule has 8 aromatic carbocycles. The zero-order valence-electron chi connectivity index (χ0n) is 73.7. The van der Waals surface area contributed by atoms with Crippen LogP contribution in [-0.2, 0) is 6.42 Å². The van der Waals surface area contributed by atoms with Crippen LogP contribution in [0.4, 0.5) is 0 Å². The second-order valence-electron chi connectivity index (χ2n) is 38.4. The molecule has 4 aliphatic rings. The van der Waals surface area contributed by atoms with Gasteiger partial charge in [-0.15, -0.1) is 45.3 Å². The zero-order valence-corrected chi connectivity index (χ0v) is 82.5. The first-order chi connectivity index (χ1) is 53.8. The van der Waals surface area contributed by atoms with E-state index < -0.39 is 32.9 Å². The highest BCUT2D eigenvalue weighted by Gasteiger charge is 2.53. The Balaban J connectivity index is 0.000000134. The highest BCUT2D eigenvalue weighted by molar-refractivity contribution is 7.22. The van der Waals surface area contributed by atoms with Crippen LogP contribution in [0, 0.1) is 20.8 Å². The standard InChI is InChI=1S/C27H35NSSi.C26H33NSSi.2C24H28ClNSSi/c1-16-14-17(2)25(18(3)15-16)30(9,28-27(6,7)8)26-20(5)19(4)23-21-12-10-11-13-22(21)29-24(23)26;1-8-19-13-9-12-16-22(19)29(7,27-26(4,5)6)25-18(3)17(2)23-20-14-10-11-15-21(20)28-24(23)25;1-15-16(2)23(22-21(15)19-12-7-8-13-20(19)27-22)28(6,26-24(3,4)5)18-11-9-10-17(25)14-18;1-15-16(2)23(22-21(15)19-9-7-8-10-20(19)27-22)28(6,26-24(3,4)5)18-13-11-17(25)12-14-18/h10-15,26,28H,1-9H3;9-16,25,27H,8H2,1-7H3;2*7-14,23,26H,1-6H3. The molecule has 0 amide bonds. The number of fused-ring (bicyclic) bond motifs is 12. The van der Waals surface area contributed by atoms with Gasteiger partial charge in [-0.2, -0.15) is 0 Å². The van der Waals surface area contributed by atoms with E-state index in [-0.39, 0.29) is 22.2 Å². The molecule has 4 N–H and O–H groups in total. The first-order valence-electron chi connectivity index (χ1n) is 41.5. The van der Waals surface area contributed by atoms with E-state index in [0.29, 0.717) is 22.2 Å². The van der Waals surface area contributed by atoms with Crippen LogP contribution >= 0.6 is 68.5 Å². The fourth-order valence-corrected chi connectivity index (χ4v) is 50.9. The minimum atomic E-state index is -2.16. The second kappa shape index (κ2) is 32.4. The number of halogens is 2. The van der Waals surface area contributed by atoms with Gasteiger partial charge in [0.15, 0.2) is 32.9 Å². The molecule has 16 rings (SSSR count). The van der Waals surface area contributed by atoms with Gasteiger partial charge in [0.1, 0.15) is 0 Å². The van der Waals surface area contributed by atoms with Crippen molar-refractivity contribution in [3.8, 4) is 0 Å². The largest absolute Gasteiger partial charge is 0.329 e. The number of nitrogens with one attached hydrogen (secondary N) is 4. The number of hydrogen-bond acceptors (Lipinski definition) is 8. The topological polar surface area (TPSA) is 48.1 Å². The summed E-state index contributed by atoms with van der Waals surface area (Å²) in [6.07, 6.45) is 1.08. The van der Waals surface area contributed by atoms with Crippen LogP contribution < -0.4 is 40.7 Å². The van der Waals surface area contributed by atoms with E-state index >= 15 is 0 Å². The van der Waals surface area contributed by atoms with Crippen LogP contribution in [0.3, 0.4) is 0 Å². The van der Waals surface area contributed by atoms with Gasteiger partial charge in [0.25, 0.3) is 0 Å². The number of benzene rings is 8. The van der Waals surface area contributed by atoms with E-state index in [1.165, 1.54) is 138 Å². The molecular weight excluding hydrogens is 1580 g/mol. The summed E-state index contributed by atoms with van der Waals surface area (Å²) < 4.78 is 5.63. The third-order valence-corrected chi connectivity index (χ3v) is 50.3. The average molecular weight is 1710 g/mol. The molecule has 8 unspecified atom stereocenters. The minimum absolute atomic E-state index is 0.0247. The quantitative estimate of drug-likeness (QED) is 0.0869. The maximum atomic E-state index is 6.44. The highest BCUT2D eigenvalue weighted by Crippen LogP contribution is 2.57. The fourth-order valence-electron chi connectivity index (χ4n) is 21.1. The van der Waals surface area contributed by atoms with Gasteiger partial charge in [0, 0.05) is 114 Å². The van der Waals surface area contributed by atoms with Gasteiger partial charge in [-0.1, -0.05) is 218 Å². The minimum Gasteiger partial charge on any atom is -0.329 e. The van der Waals surface area contributed by atoms with Crippen molar-refractivity contribution in [1.29, 1.82) is 0 Å². The first kappa shape index (κ1) is 86.7. The normalized spacial score (nSPS) is 19.0. The van der Waals surface area contributed by atoms with Gasteiger partial charge in [-0.3, -0.25) is 0 Å². The Morgan fingerprint density at radius 1 is 0.322 bits per heavy atom. The van der Waals surface area contributed by atoms with E-state index in [1.54, 1.807) is 31.3 Å². The molecule has 0 saturated heterocycles. The number of allylic oxidation sites excluding steroid dienone is 8. The third-order valence-electron chi connectivity index (χ3n) is 25.0. The molecule has 4 heterocycles. The van der Waals surface area contributed by atoms with Crippen molar-refractivity contribution in [3.05, 3.63) is 278 Å². The number of thiophene rings is 4. The van der Waals surface area contributed by atoms with Crippen LogP contribution in [-0.4, -0.2) is 55.1 Å². The van der Waals surface area contributed by atoms with E-state index in [1.807, 2.05) is 63.5 Å². The molecule has 12 aromatic rings. The second-order valence-corrected chi connectivity index (χ2v) is 58.8. The Labute approximate surface area is 719 Å². The Hall–Kier alpha value is -6.15. The summed E-state index contributed by atoms with van der Waals surface area (Å²) in [7, 11) is -8.55. The monoisotopic (exact) mass is 1700 g/mol. The summed E-state index contributed by atoms with van der Waals surface area (Å²) >= 11 is 20.7. The number of hydrogen-bond donors (Lipinski definition) is 4. The van der Waals surface area contributed by atoms with Crippen molar-refractivity contribution < 1.29 is 0 Å². The van der Waals surface area contributed by atoms with E-state index in [0.717, 1.165) is 16.5 Å². The van der Waals surface area contributed by atoms with Gasteiger partial charge >= 0.3 is 0 Å². The smallest absolute Gasteiger partial charge is 0.168 e. The average Bonchev–Trinajstić information content (AvgIpc) is 1.58. The molecule has 0 saturated carbocycles. The molecule has 4 aromatic heterocycles. The molecule has 602 valence electrons. The summed E-state index contributed by atoms with van der Waals surface area (Å²) in [5.41, 5.74) is 25.7. The molecule has 8 atom stereocenters. The Bertz CT molecular complexity index is 5850. The molecule has 4 nitrogen and oxygen atoms in total. The Morgan fingerprint density at radius 2 is 0.626 bits per heavy atom. The maximum absolute atomic E-state index is 6.44. The summed E-state index contributed by atoms with van der Waals surface area (Å²) in [6.45, 7) is 65.6. The van der Waals surface area contributed by atoms with Gasteiger partial charge in [-0.25, -0.2) is 0 Å². The van der Waals surface area contributed by atoms with Crippen LogP contribution in [0.1, 0.15) is 232 Å². The van der Waals surface area contributed by atoms with Crippen molar-refractivity contribution in [2.45, 2.75) is 243 Å². The molecule has 0 spiro atoms. The van der Waals surface area contributed by atoms with Crippen LogP contribution in [0.25, 0.3) is 62.6 Å². The van der Waals surface area contributed by atoms with Crippen LogP contribution in [0.2, 0.25) is 36.2 Å². The molecule has 0 aliphatic heterocycles. The molecular formula is C101H124Cl2N4S4Si4. The predicted octanol–water partition coefficient (Wildman–Crippen LogP) is 27.6. The lowest BCUT2D eigenvalue weighted by Crippen LogP contribution is -2.68. The van der Waals surface area contributed by atoms with Crippen LogP contribution in [0.5, 0.6) is 0 Å². The first-order valence-corrected chi connectivity index (χ1v) is 55.8. The molecule has 4 aliphatic carbocycles. The lowest BCUT2D eigenvalue weighted by molar-refractivity contribution is 0.510. The lowest BCUT2D eigenvalue weighted by Gasteiger charge is -2.43. The van der Waals surface area contributed by atoms with E-state index in [4.69, 9.17) is 23.2 Å². The van der Waals surface area contributed by atoms with Crippen molar-refractivity contribution in [2.24, 2.45) is 0 Å². The number of aryl methyl sites for hydroxylation is 4. The highest BCUT2D eigenvalue weighted by atomic mass is 35.5. The molecule has 14 heteroatoms. The van der Waals surface area contributed by atoms with Crippen molar-refractivity contribution in [2.75, 3.05) is 0 Å². The SMILES string of the molecule is CC1=C(C)C([Si](C)(NC(C)(C)C)c2c(C)cc(C)cc2C)c2sc3ccccc3c21.CC1=C(C)C([Si](C)(NC(C)(C)C)c2ccc(Cl)cc2)c2sc3ccccc3c21.CC1=C(C)C([Si](C)(NC(C)(C)C)c2cccc(Cl)c2)c2sc3ccccc3c21.CCc1ccccc1[Si](C)(NC(C)(C)C)C1C(C)=C(C)c2c1sc1ccccc21. The molecule has 115 heavy (non-hydrogen) atoms. The Morgan fingerprint density at radius 3 is 0.974 bits per heavy atom. The van der Waals surface area contributed by atoms with Crippen molar-refractivity contribution in [1.82, 2.24) is 19.9 Å². The van der Waals surface area contributed by atoms with E-state index in [9.17, 15) is 0 Å². The summed E-state index contributed by atoms with van der Waals surface area (Å²) in [4.78, 5) is 22.9. The predicted molar refractivity (Wildman–Crippen MR) is 527 cm³/mol. The molecule has 0 radical (unpaired) electrons. The third kappa shape index (κ3) is 16.5. The van der Waals surface area contributed by atoms with Gasteiger partial charge in [-0.05, 0) is 296 Å². The zero-order chi connectivity index (χ0) is 83.5. The molecule has 0 fully saturated rings. The molecule has 0 bridgehead atoms. The van der Waals surface area contributed by atoms with E-state index in [2.05, 4.69) is 376 Å². The summed E-state index contributed by atoms with van der Waals surface area (Å²) in [6, 6.07) is 66.6. The van der Waals surface area contributed by atoms with Gasteiger partial charge in [0.2, 0.25) is 0 Å². The van der Waals surface area contributed by atoms with Crippen molar-refractivity contribution >= 4 is 185 Å². The lowest BCUT2D eigenvalue weighted by atomic mass is 10.1. The van der Waals surface area contributed by atoms with Gasteiger partial charge < -0.3 is 19.9 Å². The Kier molecular flexibility index (Phi) is 24.4. The summed E-state index contributed by atoms with van der Waals surface area (Å²) in [5, 5.41) is 13.2. The van der Waals surface area contributed by atoms with Crippen LogP contribution in [0.15, 0.2) is 204 Å². The number of rotatable bonds is 13. The van der Waals surface area contributed by atoms with Gasteiger partial charge in [0.05, 0.1) is 0 Å². The fraction of sp³-hybridized carbons (Fsp3) is 0.366. The maximum Gasteiger partial charge on any atom is 0.168 e. The summed E-state index contributed by atoms with van der Waals surface area (Å²) in [5.74, 6) is 0. The van der Waals surface area contributed by atoms with Crippen molar-refractivity contribution in [3.63, 3.8) is 0 Å².